The van der Waals surface area contributed by atoms with Gasteiger partial charge in [-0.05, 0) is 44.1 Å². The van der Waals surface area contributed by atoms with Crippen molar-refractivity contribution < 1.29 is 0 Å². The Kier molecular flexibility index (Phi) is 4.32. The fourth-order valence-corrected chi connectivity index (χ4v) is 3.10. The van der Waals surface area contributed by atoms with E-state index in [-0.39, 0.29) is 5.54 Å². The summed E-state index contributed by atoms with van der Waals surface area (Å²) < 4.78 is 0. The fraction of sp³-hybridized carbons (Fsp3) is 0.389. The highest BCUT2D eigenvalue weighted by Gasteiger charge is 2.30. The van der Waals surface area contributed by atoms with E-state index in [0.29, 0.717) is 0 Å². The number of nitrogens with zero attached hydrogens (tertiary/aromatic N) is 2. The minimum Gasteiger partial charge on any atom is -0.307 e. The van der Waals surface area contributed by atoms with E-state index >= 15 is 0 Å². The molecule has 2 aromatic rings. The van der Waals surface area contributed by atoms with E-state index < -0.39 is 0 Å². The van der Waals surface area contributed by atoms with Crippen LogP contribution in [0, 0.1) is 0 Å². The molecule has 1 saturated heterocycles. The molecule has 1 unspecified atom stereocenters. The molecular formula is C18H23N3. The van der Waals surface area contributed by atoms with Gasteiger partial charge in [0.25, 0.3) is 0 Å². The van der Waals surface area contributed by atoms with Gasteiger partial charge in [0.15, 0.2) is 0 Å². The molecule has 0 radical (unpaired) electrons. The third-order valence-corrected chi connectivity index (χ3v) is 4.23. The fourth-order valence-electron chi connectivity index (χ4n) is 3.10. The van der Waals surface area contributed by atoms with Crippen LogP contribution in [-0.4, -0.2) is 29.5 Å². The Labute approximate surface area is 127 Å². The molecule has 0 aliphatic carbocycles. The molecule has 0 bridgehead atoms. The van der Waals surface area contributed by atoms with Crippen LogP contribution in [0.4, 0.5) is 0 Å². The minimum absolute atomic E-state index is 0.00649. The number of pyridine rings is 1. The SMILES string of the molecule is CC1(c2ccccc2)CN(Cc2ccccn2)CCCN1. The monoisotopic (exact) mass is 281 g/mol. The van der Waals surface area contributed by atoms with Crippen LogP contribution >= 0.6 is 0 Å². The summed E-state index contributed by atoms with van der Waals surface area (Å²) in [5, 5.41) is 3.73. The minimum atomic E-state index is 0.00649. The van der Waals surface area contributed by atoms with Gasteiger partial charge in [-0.2, -0.15) is 0 Å². The Morgan fingerprint density at radius 3 is 2.71 bits per heavy atom. The molecular weight excluding hydrogens is 258 g/mol. The maximum Gasteiger partial charge on any atom is 0.0543 e. The van der Waals surface area contributed by atoms with Gasteiger partial charge in [0.05, 0.1) is 11.2 Å². The maximum absolute atomic E-state index is 4.46. The van der Waals surface area contributed by atoms with E-state index in [4.69, 9.17) is 0 Å². The molecule has 2 heterocycles. The van der Waals surface area contributed by atoms with Gasteiger partial charge in [-0.15, -0.1) is 0 Å². The lowest BCUT2D eigenvalue weighted by Crippen LogP contribution is -2.46. The number of benzene rings is 1. The van der Waals surface area contributed by atoms with Gasteiger partial charge in [-0.3, -0.25) is 9.88 Å². The molecule has 110 valence electrons. The summed E-state index contributed by atoms with van der Waals surface area (Å²) in [6, 6.07) is 16.9. The summed E-state index contributed by atoms with van der Waals surface area (Å²) >= 11 is 0. The molecule has 1 aliphatic rings. The van der Waals surface area contributed by atoms with Crippen molar-refractivity contribution in [1.82, 2.24) is 15.2 Å². The molecule has 1 aromatic heterocycles. The lowest BCUT2D eigenvalue weighted by Gasteiger charge is -2.34. The number of nitrogens with one attached hydrogen (secondary N) is 1. The first-order chi connectivity index (χ1) is 10.3. The van der Waals surface area contributed by atoms with Gasteiger partial charge in [0.2, 0.25) is 0 Å². The number of aromatic nitrogens is 1. The number of rotatable bonds is 3. The summed E-state index contributed by atoms with van der Waals surface area (Å²) in [6.45, 7) is 6.41. The van der Waals surface area contributed by atoms with E-state index in [9.17, 15) is 0 Å². The Bertz CT molecular complexity index is 555. The van der Waals surface area contributed by atoms with Crippen LogP contribution in [0.25, 0.3) is 0 Å². The maximum atomic E-state index is 4.46. The van der Waals surface area contributed by atoms with Crippen LogP contribution < -0.4 is 5.32 Å². The third-order valence-electron chi connectivity index (χ3n) is 4.23. The van der Waals surface area contributed by atoms with E-state index in [2.05, 4.69) is 64.6 Å². The van der Waals surface area contributed by atoms with Gasteiger partial charge in [-0.25, -0.2) is 0 Å². The second kappa shape index (κ2) is 6.37. The van der Waals surface area contributed by atoms with Crippen molar-refractivity contribution in [3.8, 4) is 0 Å². The van der Waals surface area contributed by atoms with E-state index in [0.717, 1.165) is 31.9 Å². The Balaban J connectivity index is 1.77. The largest absolute Gasteiger partial charge is 0.307 e. The average molecular weight is 281 g/mol. The van der Waals surface area contributed by atoms with Gasteiger partial charge in [-0.1, -0.05) is 36.4 Å². The van der Waals surface area contributed by atoms with Crippen molar-refractivity contribution in [3.63, 3.8) is 0 Å². The quantitative estimate of drug-likeness (QED) is 0.937. The summed E-state index contributed by atoms with van der Waals surface area (Å²) in [5.74, 6) is 0. The zero-order valence-electron chi connectivity index (χ0n) is 12.6. The predicted octanol–water partition coefficient (Wildman–Crippen LogP) is 2.79. The molecule has 1 atom stereocenters. The topological polar surface area (TPSA) is 28.2 Å². The van der Waals surface area contributed by atoms with Gasteiger partial charge in [0, 0.05) is 19.3 Å². The van der Waals surface area contributed by atoms with E-state index in [1.807, 2.05) is 12.3 Å². The van der Waals surface area contributed by atoms with Crippen molar-refractivity contribution in [2.24, 2.45) is 0 Å². The first-order valence-corrected chi connectivity index (χ1v) is 7.69. The first-order valence-electron chi connectivity index (χ1n) is 7.69. The lowest BCUT2D eigenvalue weighted by molar-refractivity contribution is 0.211. The average Bonchev–Trinajstić information content (AvgIpc) is 2.72. The van der Waals surface area contributed by atoms with Crippen molar-refractivity contribution in [2.45, 2.75) is 25.4 Å². The van der Waals surface area contributed by atoms with Crippen molar-refractivity contribution in [3.05, 3.63) is 66.0 Å². The first kappa shape index (κ1) is 14.2. The Morgan fingerprint density at radius 1 is 1.14 bits per heavy atom. The highest BCUT2D eigenvalue weighted by molar-refractivity contribution is 5.24. The zero-order chi connectivity index (χ0) is 14.5. The second-order valence-corrected chi connectivity index (χ2v) is 6.01. The van der Waals surface area contributed by atoms with Gasteiger partial charge < -0.3 is 5.32 Å². The van der Waals surface area contributed by atoms with Gasteiger partial charge >= 0.3 is 0 Å². The normalized spacial score (nSPS) is 23.7. The number of hydrogen-bond acceptors (Lipinski definition) is 3. The van der Waals surface area contributed by atoms with Crippen LogP contribution in [0.1, 0.15) is 24.6 Å². The molecule has 3 rings (SSSR count). The predicted molar refractivity (Wildman–Crippen MR) is 85.9 cm³/mol. The molecule has 1 aromatic carbocycles. The van der Waals surface area contributed by atoms with Crippen molar-refractivity contribution in [1.29, 1.82) is 0 Å². The summed E-state index contributed by atoms with van der Waals surface area (Å²) in [5.41, 5.74) is 2.51. The highest BCUT2D eigenvalue weighted by atomic mass is 15.2. The lowest BCUT2D eigenvalue weighted by atomic mass is 9.91. The highest BCUT2D eigenvalue weighted by Crippen LogP contribution is 2.24. The molecule has 21 heavy (non-hydrogen) atoms. The molecule has 0 spiro atoms. The Hall–Kier alpha value is -1.71. The van der Waals surface area contributed by atoms with E-state index in [1.54, 1.807) is 0 Å². The molecule has 1 fully saturated rings. The summed E-state index contributed by atoms with van der Waals surface area (Å²) in [6.07, 6.45) is 3.05. The van der Waals surface area contributed by atoms with Crippen LogP contribution in [0.2, 0.25) is 0 Å². The standard InChI is InChI=1S/C18H23N3/c1-18(16-8-3-2-4-9-16)15-21(13-7-12-20-18)14-17-10-5-6-11-19-17/h2-6,8-11,20H,7,12-15H2,1H3. The molecule has 0 amide bonds. The number of hydrogen-bond donors (Lipinski definition) is 1. The third kappa shape index (κ3) is 3.49. The summed E-state index contributed by atoms with van der Waals surface area (Å²) in [4.78, 5) is 6.97. The van der Waals surface area contributed by atoms with E-state index in [1.165, 1.54) is 12.0 Å². The summed E-state index contributed by atoms with van der Waals surface area (Å²) in [7, 11) is 0. The molecule has 1 aliphatic heterocycles. The molecule has 3 heteroatoms. The smallest absolute Gasteiger partial charge is 0.0543 e. The van der Waals surface area contributed by atoms with Crippen molar-refractivity contribution in [2.75, 3.05) is 19.6 Å². The van der Waals surface area contributed by atoms with Gasteiger partial charge in [0.1, 0.15) is 0 Å². The van der Waals surface area contributed by atoms with Crippen LogP contribution in [-0.2, 0) is 12.1 Å². The van der Waals surface area contributed by atoms with Crippen LogP contribution in [0.5, 0.6) is 0 Å². The molecule has 3 nitrogen and oxygen atoms in total. The second-order valence-electron chi connectivity index (χ2n) is 6.01. The van der Waals surface area contributed by atoms with Crippen molar-refractivity contribution >= 4 is 0 Å². The molecule has 1 N–H and O–H groups in total. The molecule has 0 saturated carbocycles. The Morgan fingerprint density at radius 2 is 1.95 bits per heavy atom. The zero-order valence-corrected chi connectivity index (χ0v) is 12.6. The van der Waals surface area contributed by atoms with Crippen LogP contribution in [0.15, 0.2) is 54.7 Å². The van der Waals surface area contributed by atoms with Crippen LogP contribution in [0.3, 0.4) is 0 Å².